The maximum atomic E-state index is 12.1. The SMILES string of the molecule is CCC[C@@H](C)NC(=O)[C@@H](CC)Oc1ccc(Cl)cc1. The van der Waals surface area contributed by atoms with Crippen molar-refractivity contribution >= 4 is 17.5 Å². The average molecular weight is 284 g/mol. The van der Waals surface area contributed by atoms with E-state index in [1.807, 2.05) is 13.8 Å². The largest absolute Gasteiger partial charge is 0.481 e. The Morgan fingerprint density at radius 2 is 1.95 bits per heavy atom. The van der Waals surface area contributed by atoms with E-state index in [1.54, 1.807) is 24.3 Å². The van der Waals surface area contributed by atoms with Gasteiger partial charge in [0, 0.05) is 11.1 Å². The molecule has 4 heteroatoms. The molecule has 0 aliphatic heterocycles. The average Bonchev–Trinajstić information content (AvgIpc) is 2.38. The smallest absolute Gasteiger partial charge is 0.261 e. The van der Waals surface area contributed by atoms with E-state index in [9.17, 15) is 4.79 Å². The Morgan fingerprint density at radius 3 is 2.47 bits per heavy atom. The fourth-order valence-corrected chi connectivity index (χ4v) is 1.97. The number of ether oxygens (including phenoxy) is 1. The highest BCUT2D eigenvalue weighted by Crippen LogP contribution is 2.17. The summed E-state index contributed by atoms with van der Waals surface area (Å²) in [5, 5.41) is 3.63. The molecule has 19 heavy (non-hydrogen) atoms. The molecule has 0 heterocycles. The Balaban J connectivity index is 2.57. The zero-order chi connectivity index (χ0) is 14.3. The highest BCUT2D eigenvalue weighted by Gasteiger charge is 2.19. The van der Waals surface area contributed by atoms with E-state index >= 15 is 0 Å². The second-order valence-electron chi connectivity index (χ2n) is 4.67. The molecule has 1 aromatic rings. The van der Waals surface area contributed by atoms with Gasteiger partial charge in [-0.2, -0.15) is 0 Å². The molecular weight excluding hydrogens is 262 g/mol. The first kappa shape index (κ1) is 15.8. The third-order valence-electron chi connectivity index (χ3n) is 2.87. The normalized spacial score (nSPS) is 13.7. The van der Waals surface area contributed by atoms with Gasteiger partial charge >= 0.3 is 0 Å². The molecule has 0 spiro atoms. The lowest BCUT2D eigenvalue weighted by Gasteiger charge is -2.20. The van der Waals surface area contributed by atoms with Gasteiger partial charge in [0.05, 0.1) is 0 Å². The molecule has 0 fully saturated rings. The first-order valence-electron chi connectivity index (χ1n) is 6.79. The molecule has 0 saturated carbocycles. The van der Waals surface area contributed by atoms with Crippen LogP contribution in [0.4, 0.5) is 0 Å². The monoisotopic (exact) mass is 283 g/mol. The van der Waals surface area contributed by atoms with Crippen LogP contribution in [0.5, 0.6) is 5.75 Å². The Labute approximate surface area is 120 Å². The summed E-state index contributed by atoms with van der Waals surface area (Å²) >= 11 is 5.81. The molecule has 0 aromatic heterocycles. The van der Waals surface area contributed by atoms with Crippen LogP contribution in [0.1, 0.15) is 40.0 Å². The second kappa shape index (κ2) is 8.05. The van der Waals surface area contributed by atoms with Crippen LogP contribution in [-0.4, -0.2) is 18.1 Å². The highest BCUT2D eigenvalue weighted by atomic mass is 35.5. The van der Waals surface area contributed by atoms with Crippen molar-refractivity contribution in [3.63, 3.8) is 0 Å². The summed E-state index contributed by atoms with van der Waals surface area (Å²) in [6, 6.07) is 7.23. The third-order valence-corrected chi connectivity index (χ3v) is 3.12. The molecule has 1 amide bonds. The maximum absolute atomic E-state index is 12.1. The van der Waals surface area contributed by atoms with Crippen LogP contribution in [0.2, 0.25) is 5.02 Å². The fraction of sp³-hybridized carbons (Fsp3) is 0.533. The lowest BCUT2D eigenvalue weighted by atomic mass is 10.1. The van der Waals surface area contributed by atoms with Gasteiger partial charge in [-0.1, -0.05) is 31.9 Å². The molecule has 0 saturated heterocycles. The first-order chi connectivity index (χ1) is 9.06. The Morgan fingerprint density at radius 1 is 1.32 bits per heavy atom. The van der Waals surface area contributed by atoms with E-state index in [0.717, 1.165) is 12.8 Å². The summed E-state index contributed by atoms with van der Waals surface area (Å²) < 4.78 is 5.69. The van der Waals surface area contributed by atoms with Crippen molar-refractivity contribution < 1.29 is 9.53 Å². The van der Waals surface area contributed by atoms with Crippen molar-refractivity contribution in [2.24, 2.45) is 0 Å². The number of carbonyl (C=O) groups excluding carboxylic acids is 1. The standard InChI is InChI=1S/C15H22ClNO2/c1-4-6-11(3)17-15(18)14(5-2)19-13-9-7-12(16)8-10-13/h7-11,14H,4-6H2,1-3H3,(H,17,18)/t11-,14-/m1/s1. The van der Waals surface area contributed by atoms with Crippen molar-refractivity contribution in [3.8, 4) is 5.75 Å². The first-order valence-corrected chi connectivity index (χ1v) is 7.17. The summed E-state index contributed by atoms with van der Waals surface area (Å²) in [5.41, 5.74) is 0. The molecule has 0 aliphatic carbocycles. The number of hydrogen-bond acceptors (Lipinski definition) is 2. The number of nitrogens with one attached hydrogen (secondary N) is 1. The number of rotatable bonds is 7. The number of carbonyl (C=O) groups is 1. The Kier molecular flexibility index (Phi) is 6.71. The van der Waals surface area contributed by atoms with Crippen LogP contribution < -0.4 is 10.1 Å². The van der Waals surface area contributed by atoms with Crippen molar-refractivity contribution in [1.29, 1.82) is 0 Å². The minimum absolute atomic E-state index is 0.0570. The number of hydrogen-bond donors (Lipinski definition) is 1. The third kappa shape index (κ3) is 5.52. The lowest BCUT2D eigenvalue weighted by molar-refractivity contribution is -0.128. The van der Waals surface area contributed by atoms with Crippen LogP contribution in [0.3, 0.4) is 0 Å². The molecule has 1 aromatic carbocycles. The minimum atomic E-state index is -0.458. The summed E-state index contributed by atoms with van der Waals surface area (Å²) in [6.45, 7) is 6.05. The van der Waals surface area contributed by atoms with Crippen molar-refractivity contribution in [2.75, 3.05) is 0 Å². The molecule has 1 rings (SSSR count). The van der Waals surface area contributed by atoms with Gasteiger partial charge in [-0.25, -0.2) is 0 Å². The maximum Gasteiger partial charge on any atom is 0.261 e. The fourth-order valence-electron chi connectivity index (χ4n) is 1.84. The molecular formula is C15H22ClNO2. The summed E-state index contributed by atoms with van der Waals surface area (Å²) in [5.74, 6) is 0.605. The molecule has 2 atom stereocenters. The molecule has 1 N–H and O–H groups in total. The van der Waals surface area contributed by atoms with Crippen molar-refractivity contribution in [2.45, 2.75) is 52.2 Å². The molecule has 0 aliphatic rings. The van der Waals surface area contributed by atoms with Crippen molar-refractivity contribution in [1.82, 2.24) is 5.32 Å². The Bertz CT molecular complexity index is 392. The highest BCUT2D eigenvalue weighted by molar-refractivity contribution is 6.30. The van der Waals surface area contributed by atoms with E-state index in [1.165, 1.54) is 0 Å². The van der Waals surface area contributed by atoms with Crippen molar-refractivity contribution in [3.05, 3.63) is 29.3 Å². The quantitative estimate of drug-likeness (QED) is 0.826. The minimum Gasteiger partial charge on any atom is -0.481 e. The van der Waals surface area contributed by atoms with Crippen LogP contribution in [0.25, 0.3) is 0 Å². The van der Waals surface area contributed by atoms with Gasteiger partial charge < -0.3 is 10.1 Å². The zero-order valence-electron chi connectivity index (χ0n) is 11.8. The molecule has 106 valence electrons. The van der Waals surface area contributed by atoms with Crippen LogP contribution in [0, 0.1) is 0 Å². The molecule has 0 radical (unpaired) electrons. The van der Waals surface area contributed by atoms with Crippen LogP contribution in [0.15, 0.2) is 24.3 Å². The van der Waals surface area contributed by atoms with Gasteiger partial charge in [0.1, 0.15) is 5.75 Å². The summed E-state index contributed by atoms with van der Waals surface area (Å²) in [7, 11) is 0. The van der Waals surface area contributed by atoms with E-state index in [0.29, 0.717) is 17.2 Å². The topological polar surface area (TPSA) is 38.3 Å². The van der Waals surface area contributed by atoms with E-state index in [-0.39, 0.29) is 11.9 Å². The van der Waals surface area contributed by atoms with Crippen LogP contribution in [-0.2, 0) is 4.79 Å². The number of amides is 1. The van der Waals surface area contributed by atoms with Gasteiger partial charge in [-0.3, -0.25) is 4.79 Å². The molecule has 3 nitrogen and oxygen atoms in total. The Hall–Kier alpha value is -1.22. The van der Waals surface area contributed by atoms with Gasteiger partial charge in [-0.15, -0.1) is 0 Å². The van der Waals surface area contributed by atoms with Crippen LogP contribution >= 0.6 is 11.6 Å². The van der Waals surface area contributed by atoms with E-state index in [4.69, 9.17) is 16.3 Å². The molecule has 0 unspecified atom stereocenters. The van der Waals surface area contributed by atoms with Gasteiger partial charge in [-0.05, 0) is 44.0 Å². The summed E-state index contributed by atoms with van der Waals surface area (Å²) in [6.07, 6.45) is 2.20. The van der Waals surface area contributed by atoms with Gasteiger partial charge in [0.25, 0.3) is 5.91 Å². The predicted molar refractivity (Wildman–Crippen MR) is 78.7 cm³/mol. The van der Waals surface area contributed by atoms with Gasteiger partial charge in [0.2, 0.25) is 0 Å². The molecule has 0 bridgehead atoms. The number of halogens is 1. The number of benzene rings is 1. The van der Waals surface area contributed by atoms with Gasteiger partial charge in [0.15, 0.2) is 6.10 Å². The second-order valence-corrected chi connectivity index (χ2v) is 5.10. The zero-order valence-corrected chi connectivity index (χ0v) is 12.5. The lowest BCUT2D eigenvalue weighted by Crippen LogP contribution is -2.42. The van der Waals surface area contributed by atoms with E-state index < -0.39 is 6.10 Å². The predicted octanol–water partition coefficient (Wildman–Crippen LogP) is 3.80. The summed E-state index contributed by atoms with van der Waals surface area (Å²) in [4.78, 5) is 12.1. The van der Waals surface area contributed by atoms with E-state index in [2.05, 4.69) is 12.2 Å².